The molecule has 0 saturated carbocycles. The highest BCUT2D eigenvalue weighted by Gasteiger charge is 2.26. The van der Waals surface area contributed by atoms with Crippen molar-refractivity contribution in [2.45, 2.75) is 25.5 Å². The monoisotopic (exact) mass is 544 g/mol. The summed E-state index contributed by atoms with van der Waals surface area (Å²) in [6.45, 7) is 6.43. The second-order valence-electron chi connectivity index (χ2n) is 7.15. The molecule has 0 aliphatic carbocycles. The zero-order valence-electron chi connectivity index (χ0n) is 18.0. The summed E-state index contributed by atoms with van der Waals surface area (Å²) >= 11 is 1.81. The van der Waals surface area contributed by atoms with Crippen molar-refractivity contribution in [3.63, 3.8) is 0 Å². The molecule has 2 atom stereocenters. The van der Waals surface area contributed by atoms with Crippen molar-refractivity contribution < 1.29 is 9.47 Å². The van der Waals surface area contributed by atoms with Gasteiger partial charge < -0.3 is 20.1 Å². The van der Waals surface area contributed by atoms with Gasteiger partial charge >= 0.3 is 0 Å². The SMILES string of the molecule is CN=C(NCCc1ccccc1OC)NCC(c1cccs1)N1CCOC(C)C1.I. The molecule has 6 nitrogen and oxygen atoms in total. The largest absolute Gasteiger partial charge is 0.496 e. The third-order valence-electron chi connectivity index (χ3n) is 5.15. The third kappa shape index (κ3) is 7.11. The van der Waals surface area contributed by atoms with Crippen molar-refractivity contribution in [1.82, 2.24) is 15.5 Å². The number of aliphatic imine (C=N–C) groups is 1. The highest BCUT2D eigenvalue weighted by molar-refractivity contribution is 14.0. The fraction of sp³-hybridized carbons (Fsp3) is 0.500. The molecule has 0 radical (unpaired) electrons. The van der Waals surface area contributed by atoms with Crippen LogP contribution in [0.2, 0.25) is 0 Å². The van der Waals surface area contributed by atoms with E-state index in [-0.39, 0.29) is 30.1 Å². The Bertz CT molecular complexity index is 772. The summed E-state index contributed by atoms with van der Waals surface area (Å²) in [5.74, 6) is 1.75. The van der Waals surface area contributed by atoms with Gasteiger partial charge in [0.25, 0.3) is 0 Å². The van der Waals surface area contributed by atoms with Crippen molar-refractivity contribution in [3.05, 3.63) is 52.2 Å². The number of morpholine rings is 1. The molecule has 2 N–H and O–H groups in total. The van der Waals surface area contributed by atoms with Crippen LogP contribution in [0.1, 0.15) is 23.4 Å². The number of halogens is 1. The van der Waals surface area contributed by atoms with Crippen LogP contribution in [0.15, 0.2) is 46.8 Å². The summed E-state index contributed by atoms with van der Waals surface area (Å²) in [5, 5.41) is 9.09. The molecule has 0 amide bonds. The Hall–Kier alpha value is -1.36. The molecule has 3 rings (SSSR count). The highest BCUT2D eigenvalue weighted by atomic mass is 127. The summed E-state index contributed by atoms with van der Waals surface area (Å²) in [7, 11) is 3.53. The van der Waals surface area contributed by atoms with E-state index in [1.165, 1.54) is 10.4 Å². The minimum Gasteiger partial charge on any atom is -0.496 e. The zero-order valence-corrected chi connectivity index (χ0v) is 21.1. The molecule has 0 bridgehead atoms. The molecule has 30 heavy (non-hydrogen) atoms. The van der Waals surface area contributed by atoms with Gasteiger partial charge in [-0.25, -0.2) is 0 Å². The lowest BCUT2D eigenvalue weighted by atomic mass is 10.1. The number of ether oxygens (including phenoxy) is 2. The maximum atomic E-state index is 5.73. The third-order valence-corrected chi connectivity index (χ3v) is 6.12. The first-order valence-electron chi connectivity index (χ1n) is 10.2. The number of thiophene rings is 1. The number of methoxy groups -OCH3 is 1. The van der Waals surface area contributed by atoms with Crippen LogP contribution in [0, 0.1) is 0 Å². The van der Waals surface area contributed by atoms with E-state index in [1.54, 1.807) is 7.11 Å². The van der Waals surface area contributed by atoms with Crippen molar-refractivity contribution in [2.24, 2.45) is 4.99 Å². The van der Waals surface area contributed by atoms with Gasteiger partial charge in [0, 0.05) is 38.1 Å². The molecule has 1 aliphatic rings. The maximum Gasteiger partial charge on any atom is 0.191 e. The smallest absolute Gasteiger partial charge is 0.191 e. The normalized spacial score (nSPS) is 18.4. The average Bonchev–Trinajstić information content (AvgIpc) is 3.27. The van der Waals surface area contributed by atoms with Gasteiger partial charge in [0.05, 0.1) is 25.9 Å². The minimum absolute atomic E-state index is 0. The standard InChI is InChI=1S/C22H32N4O2S.HI/c1-17-16-26(12-13-28-17)19(21-9-6-14-29-21)15-25-22(23-2)24-11-10-18-7-4-5-8-20(18)27-3;/h4-9,14,17,19H,10-13,15-16H2,1-3H3,(H2,23,24,25);1H. The summed E-state index contributed by atoms with van der Waals surface area (Å²) in [6, 6.07) is 12.8. The van der Waals surface area contributed by atoms with Crippen LogP contribution in [0.25, 0.3) is 0 Å². The van der Waals surface area contributed by atoms with Gasteiger partial charge in [-0.2, -0.15) is 0 Å². The predicted molar refractivity (Wildman–Crippen MR) is 136 cm³/mol. The predicted octanol–water partition coefficient (Wildman–Crippen LogP) is 3.54. The zero-order chi connectivity index (χ0) is 20.5. The van der Waals surface area contributed by atoms with Crippen LogP contribution in [-0.4, -0.2) is 63.9 Å². The average molecular weight is 545 g/mol. The van der Waals surface area contributed by atoms with Gasteiger partial charge in [-0.15, -0.1) is 35.3 Å². The van der Waals surface area contributed by atoms with Crippen LogP contribution in [0.5, 0.6) is 5.75 Å². The number of benzene rings is 1. The van der Waals surface area contributed by atoms with E-state index < -0.39 is 0 Å². The molecule has 2 aromatic rings. The molecule has 2 unspecified atom stereocenters. The summed E-state index contributed by atoms with van der Waals surface area (Å²) in [6.07, 6.45) is 1.14. The number of hydrogen-bond donors (Lipinski definition) is 2. The van der Waals surface area contributed by atoms with E-state index in [1.807, 2.05) is 36.6 Å². The second-order valence-corrected chi connectivity index (χ2v) is 8.13. The fourth-order valence-electron chi connectivity index (χ4n) is 3.66. The van der Waals surface area contributed by atoms with Gasteiger partial charge in [0.15, 0.2) is 5.96 Å². The van der Waals surface area contributed by atoms with E-state index >= 15 is 0 Å². The number of nitrogens with zero attached hydrogens (tertiary/aromatic N) is 2. The van der Waals surface area contributed by atoms with Crippen LogP contribution in [-0.2, 0) is 11.2 Å². The lowest BCUT2D eigenvalue weighted by Gasteiger charge is -2.37. The maximum absolute atomic E-state index is 5.73. The minimum atomic E-state index is 0. The molecule has 1 saturated heterocycles. The Balaban J connectivity index is 0.00000320. The van der Waals surface area contributed by atoms with Gasteiger partial charge in [0.2, 0.25) is 0 Å². The van der Waals surface area contributed by atoms with Crippen LogP contribution < -0.4 is 15.4 Å². The Labute approximate surface area is 201 Å². The second kappa shape index (κ2) is 13.1. The topological polar surface area (TPSA) is 58.1 Å². The highest BCUT2D eigenvalue weighted by Crippen LogP contribution is 2.26. The lowest BCUT2D eigenvalue weighted by molar-refractivity contribution is -0.0334. The van der Waals surface area contributed by atoms with Crippen molar-refractivity contribution >= 4 is 41.3 Å². The van der Waals surface area contributed by atoms with Crippen LogP contribution in [0.4, 0.5) is 0 Å². The number of rotatable bonds is 8. The number of guanidine groups is 1. The number of para-hydroxylation sites is 1. The first-order valence-corrected chi connectivity index (χ1v) is 11.0. The van der Waals surface area contributed by atoms with E-state index in [4.69, 9.17) is 9.47 Å². The van der Waals surface area contributed by atoms with Crippen molar-refractivity contribution in [2.75, 3.05) is 46.9 Å². The van der Waals surface area contributed by atoms with Gasteiger partial charge in [0.1, 0.15) is 5.75 Å². The summed E-state index contributed by atoms with van der Waals surface area (Å²) in [5.41, 5.74) is 1.19. The van der Waals surface area contributed by atoms with Crippen LogP contribution in [0.3, 0.4) is 0 Å². The fourth-order valence-corrected chi connectivity index (χ4v) is 4.52. The number of hydrogen-bond acceptors (Lipinski definition) is 5. The van der Waals surface area contributed by atoms with Gasteiger partial charge in [-0.1, -0.05) is 24.3 Å². The molecule has 2 heterocycles. The Morgan fingerprint density at radius 1 is 1.30 bits per heavy atom. The summed E-state index contributed by atoms with van der Waals surface area (Å²) in [4.78, 5) is 8.28. The van der Waals surface area contributed by atoms with E-state index in [2.05, 4.69) is 51.0 Å². The molecule has 1 fully saturated rings. The van der Waals surface area contributed by atoms with Gasteiger partial charge in [-0.3, -0.25) is 9.89 Å². The number of nitrogens with one attached hydrogen (secondary N) is 2. The molecular formula is C22H33IN4O2S. The first-order chi connectivity index (χ1) is 14.2. The molecule has 1 aromatic carbocycles. The Morgan fingerprint density at radius 3 is 2.83 bits per heavy atom. The Kier molecular flexibility index (Phi) is 10.9. The Morgan fingerprint density at radius 2 is 2.13 bits per heavy atom. The van der Waals surface area contributed by atoms with E-state index in [9.17, 15) is 0 Å². The molecular weight excluding hydrogens is 511 g/mol. The molecule has 1 aromatic heterocycles. The molecule has 0 spiro atoms. The summed E-state index contributed by atoms with van der Waals surface area (Å²) < 4.78 is 11.2. The van der Waals surface area contributed by atoms with Crippen molar-refractivity contribution in [1.29, 1.82) is 0 Å². The van der Waals surface area contributed by atoms with Crippen LogP contribution >= 0.6 is 35.3 Å². The first kappa shape index (κ1) is 24.9. The lowest BCUT2D eigenvalue weighted by Crippen LogP contribution is -2.48. The molecule has 8 heteroatoms. The quantitative estimate of drug-likeness (QED) is 0.303. The van der Waals surface area contributed by atoms with E-state index in [0.717, 1.165) is 50.9 Å². The van der Waals surface area contributed by atoms with E-state index in [0.29, 0.717) is 6.04 Å². The molecule has 166 valence electrons. The van der Waals surface area contributed by atoms with Gasteiger partial charge in [-0.05, 0) is 36.4 Å². The molecule has 1 aliphatic heterocycles. The van der Waals surface area contributed by atoms with Crippen molar-refractivity contribution in [3.8, 4) is 5.75 Å².